The van der Waals surface area contributed by atoms with Crippen molar-refractivity contribution in [1.82, 2.24) is 36.0 Å². The molecule has 390 valence electrons. The van der Waals surface area contributed by atoms with Gasteiger partial charge >= 0.3 is 22.3 Å². The van der Waals surface area contributed by atoms with Crippen molar-refractivity contribution in [2.45, 2.75) is 264 Å². The normalized spacial score (nSPS) is 12.9. The van der Waals surface area contributed by atoms with E-state index in [-0.39, 0.29) is 74.5 Å². The van der Waals surface area contributed by atoms with E-state index >= 15 is 0 Å². The van der Waals surface area contributed by atoms with Crippen molar-refractivity contribution < 1.29 is 46.6 Å². The van der Waals surface area contributed by atoms with Gasteiger partial charge in [-0.15, -0.1) is 0 Å². The molecule has 18 heteroatoms. The molecule has 0 saturated heterocycles. The van der Waals surface area contributed by atoms with Crippen LogP contribution in [-0.4, -0.2) is 95.1 Å². The summed E-state index contributed by atoms with van der Waals surface area (Å²) in [5.41, 5.74) is -2.94. The first-order chi connectivity index (χ1) is 27.7. The van der Waals surface area contributed by atoms with E-state index in [1.54, 1.807) is 46.3 Å². The molecule has 0 fully saturated rings. The van der Waals surface area contributed by atoms with Gasteiger partial charge in [-0.1, -0.05) is 20.8 Å². The molecule has 0 unspecified atom stereocenters. The van der Waals surface area contributed by atoms with Gasteiger partial charge in [-0.3, -0.25) is 14.4 Å². The summed E-state index contributed by atoms with van der Waals surface area (Å²) in [6.07, 6.45) is -1.11. The highest BCUT2D eigenvalue weighted by atomic mass is 32.2. The van der Waals surface area contributed by atoms with Crippen LogP contribution in [0.1, 0.15) is 214 Å². The van der Waals surface area contributed by atoms with Crippen LogP contribution in [0.15, 0.2) is 0 Å². The third kappa shape index (κ3) is 67.5. The molecule has 0 spiro atoms. The summed E-state index contributed by atoms with van der Waals surface area (Å²) in [5, 5.41) is 14.0. The molecule has 0 aromatic heterocycles. The maximum Gasteiger partial charge on any atom is 0.422 e. The fourth-order valence-corrected chi connectivity index (χ4v) is 4.65. The van der Waals surface area contributed by atoms with E-state index in [0.29, 0.717) is 6.79 Å². The molecule has 0 aliphatic rings. The molecule has 0 bridgehead atoms. The Morgan fingerprint density at radius 3 is 0.892 bits per heavy atom. The SMILES string of the molecule is CC(C)(C)NC(=O)C(C)(C)C.CC(C)(C)NC(=O)CC(=O)NC(C)(C)C.CC(C)(C)NC(=O)NC(C)(C)C.CC(C)(C)NS(=O)(=O)NC(=O)OC(C)(C)C.CC(C)(C)OCOC(C)(C)C. The van der Waals surface area contributed by atoms with Crippen LogP contribution in [0.3, 0.4) is 0 Å². The summed E-state index contributed by atoms with van der Waals surface area (Å²) < 4.78 is 42.5. The fourth-order valence-electron chi connectivity index (χ4n) is 3.53. The Morgan fingerprint density at radius 1 is 0.400 bits per heavy atom. The highest BCUT2D eigenvalue weighted by Crippen LogP contribution is 2.15. The van der Waals surface area contributed by atoms with Crippen molar-refractivity contribution in [2.24, 2.45) is 5.41 Å². The molecule has 0 atom stereocenters. The molecule has 0 aromatic carbocycles. The molecule has 0 aliphatic heterocycles. The summed E-state index contributed by atoms with van der Waals surface area (Å²) in [6, 6.07) is -0.116. The third-order valence-electron chi connectivity index (χ3n) is 5.54. The van der Waals surface area contributed by atoms with Crippen LogP contribution in [-0.2, 0) is 38.8 Å². The zero-order chi connectivity index (χ0) is 53.9. The van der Waals surface area contributed by atoms with Crippen molar-refractivity contribution >= 4 is 40.1 Å². The van der Waals surface area contributed by atoms with Crippen LogP contribution in [0.25, 0.3) is 0 Å². The molecule has 0 radical (unpaired) electrons. The van der Waals surface area contributed by atoms with Crippen LogP contribution in [0.4, 0.5) is 9.59 Å². The van der Waals surface area contributed by atoms with E-state index in [9.17, 15) is 32.4 Å². The predicted molar refractivity (Wildman–Crippen MR) is 267 cm³/mol. The second-order valence-electron chi connectivity index (χ2n) is 25.9. The second-order valence-corrected chi connectivity index (χ2v) is 27.3. The molecule has 7 N–H and O–H groups in total. The van der Waals surface area contributed by atoms with Crippen LogP contribution in [0.5, 0.6) is 0 Å². The van der Waals surface area contributed by atoms with Gasteiger partial charge in [-0.05, 0) is 187 Å². The number of carbonyl (C=O) groups excluding carboxylic acids is 5. The van der Waals surface area contributed by atoms with E-state index in [4.69, 9.17) is 14.2 Å². The smallest absolute Gasteiger partial charge is 0.422 e. The summed E-state index contributed by atoms with van der Waals surface area (Å²) >= 11 is 0. The number of nitrogens with one attached hydrogen (secondary N) is 7. The minimum Gasteiger partial charge on any atom is -0.443 e. The summed E-state index contributed by atoms with van der Waals surface area (Å²) in [4.78, 5) is 56.6. The number of ether oxygens (including phenoxy) is 3. The quantitative estimate of drug-likeness (QED) is 0.0988. The lowest BCUT2D eigenvalue weighted by Crippen LogP contribution is -2.52. The summed E-state index contributed by atoms with van der Waals surface area (Å²) in [5.74, 6) is -0.390. The van der Waals surface area contributed by atoms with E-state index in [1.807, 2.05) is 166 Å². The zero-order valence-electron chi connectivity index (χ0n) is 46.9. The number of rotatable bonds is 6. The predicted octanol–water partition coefficient (Wildman–Crippen LogP) is 8.75. The van der Waals surface area contributed by atoms with Crippen LogP contribution in [0, 0.1) is 5.41 Å². The monoisotopic (exact) mass is 956 g/mol. The van der Waals surface area contributed by atoms with E-state index in [2.05, 4.69) is 31.3 Å². The van der Waals surface area contributed by atoms with Gasteiger partial charge in [0.25, 0.3) is 0 Å². The van der Waals surface area contributed by atoms with Crippen molar-refractivity contribution in [1.29, 1.82) is 0 Å². The molecule has 0 rings (SSSR count). The Labute approximate surface area is 397 Å². The lowest BCUT2D eigenvalue weighted by atomic mass is 9.94. The van der Waals surface area contributed by atoms with Gasteiger partial charge in [0.1, 0.15) is 18.8 Å². The standard InChI is InChI=1S/C11H22N2O2.C9H20N2O4S.C9H20N2O.C9H19NO.C9H20O2/c1-10(2,3)12-8(14)7-9(15)13-11(4,5)6;1-8(2,3)11-16(13,14)10-7(12)15-9(4,5)6;1-8(2,3)10-7(12)11-9(4,5)6;1-8(2,3)7(11)10-9(4,5)6;1-8(2,3)10-7-11-9(4,5)6/h7H2,1-6H3,(H,12,14)(H,13,15);11H,1-6H3,(H,10,12);1-6H3,(H2,10,11,12);1-6H3,(H,10,11);7H2,1-6H3. The largest absolute Gasteiger partial charge is 0.443 e. The van der Waals surface area contributed by atoms with Crippen molar-refractivity contribution in [3.8, 4) is 0 Å². The maximum atomic E-state index is 11.4. The van der Waals surface area contributed by atoms with E-state index in [0.717, 1.165) is 0 Å². The Kier molecular flexibility index (Phi) is 29.3. The van der Waals surface area contributed by atoms with Crippen LogP contribution < -0.4 is 36.0 Å². The molecule has 0 aromatic rings. The Balaban J connectivity index is -0.000000233. The number of hydrogen-bond acceptors (Lipinski definition) is 10. The highest BCUT2D eigenvalue weighted by molar-refractivity contribution is 7.88. The maximum absolute atomic E-state index is 11.4. The number of carbonyl (C=O) groups is 5. The van der Waals surface area contributed by atoms with Gasteiger partial charge in [0.15, 0.2) is 0 Å². The van der Waals surface area contributed by atoms with Gasteiger partial charge in [0.2, 0.25) is 17.7 Å². The second kappa shape index (κ2) is 26.9. The first-order valence-corrected chi connectivity index (χ1v) is 23.6. The fraction of sp³-hybridized carbons (Fsp3) is 0.894. The molecular formula is C47H101N7O10S. The van der Waals surface area contributed by atoms with Gasteiger partial charge in [-0.2, -0.15) is 13.1 Å². The molecule has 0 heterocycles. The first kappa shape index (κ1) is 70.8. The summed E-state index contributed by atoms with van der Waals surface area (Å²) in [6.45, 7) is 57.1. The third-order valence-corrected chi connectivity index (χ3v) is 6.85. The lowest BCUT2D eigenvalue weighted by molar-refractivity contribution is -0.163. The molecule has 6 amide bonds. The molecule has 65 heavy (non-hydrogen) atoms. The number of urea groups is 1. The summed E-state index contributed by atoms with van der Waals surface area (Å²) in [7, 11) is -3.89. The van der Waals surface area contributed by atoms with Gasteiger partial charge in [0.05, 0.1) is 11.2 Å². The Morgan fingerprint density at radius 2 is 0.692 bits per heavy atom. The molecule has 0 saturated carbocycles. The van der Waals surface area contributed by atoms with Gasteiger partial charge < -0.3 is 40.8 Å². The topological polar surface area (TPSA) is 231 Å². The van der Waals surface area contributed by atoms with Crippen molar-refractivity contribution in [3.05, 3.63) is 0 Å². The van der Waals surface area contributed by atoms with E-state index in [1.165, 1.54) is 0 Å². The average Bonchev–Trinajstić information content (AvgIpc) is 2.84. The Hall–Kier alpha value is -3.22. The molecule has 0 aliphatic carbocycles. The average molecular weight is 956 g/mol. The molecule has 17 nitrogen and oxygen atoms in total. The first-order valence-electron chi connectivity index (χ1n) is 22.1. The van der Waals surface area contributed by atoms with Gasteiger partial charge in [-0.25, -0.2) is 14.3 Å². The van der Waals surface area contributed by atoms with Gasteiger partial charge in [0, 0.05) is 38.6 Å². The van der Waals surface area contributed by atoms with Crippen molar-refractivity contribution in [2.75, 3.05) is 6.79 Å². The number of hydrogen-bond donors (Lipinski definition) is 7. The molecular weight excluding hydrogens is 855 g/mol. The van der Waals surface area contributed by atoms with Crippen LogP contribution in [0.2, 0.25) is 0 Å². The van der Waals surface area contributed by atoms with Crippen molar-refractivity contribution in [3.63, 3.8) is 0 Å². The zero-order valence-corrected chi connectivity index (χ0v) is 47.7. The number of amides is 6. The Bertz CT molecular complexity index is 1490. The van der Waals surface area contributed by atoms with Crippen LogP contribution >= 0.6 is 0 Å². The highest BCUT2D eigenvalue weighted by Gasteiger charge is 2.26. The van der Waals surface area contributed by atoms with E-state index < -0.39 is 27.4 Å². The minimum absolute atomic E-state index is 0.102. The lowest BCUT2D eigenvalue weighted by Gasteiger charge is -2.26. The minimum atomic E-state index is -3.89.